The lowest BCUT2D eigenvalue weighted by Crippen LogP contribution is -2.02. The van der Waals surface area contributed by atoms with Crippen LogP contribution in [-0.2, 0) is 0 Å². The summed E-state index contributed by atoms with van der Waals surface area (Å²) < 4.78 is 12.0. The Morgan fingerprint density at radius 3 is 1.02 bits per heavy atom. The maximum absolute atomic E-state index is 4.53. The third-order valence-corrected chi connectivity index (χ3v) is 12.1. The van der Waals surface area contributed by atoms with Gasteiger partial charge in [0.15, 0.2) is 0 Å². The molecule has 0 radical (unpaired) electrons. The predicted octanol–water partition coefficient (Wildman–Crippen LogP) is 10.6. The topological polar surface area (TPSA) is 71.3 Å². The Kier molecular flexibility index (Phi) is 6.22. The summed E-state index contributed by atoms with van der Waals surface area (Å²) in [5.41, 5.74) is 13.7. The number of pyridine rings is 4. The van der Waals surface area contributed by atoms with E-state index < -0.39 is 0 Å². The van der Waals surface area contributed by atoms with Crippen molar-refractivity contribution in [2.45, 2.75) is 27.7 Å². The van der Waals surface area contributed by atoms with Gasteiger partial charge < -0.3 is 18.3 Å². The molecule has 11 rings (SSSR count). The number of aromatic nitrogens is 8. The maximum Gasteiger partial charge on any atom is 0.0661 e. The van der Waals surface area contributed by atoms with Crippen molar-refractivity contribution in [2.75, 3.05) is 0 Å². The number of rotatable bonds is 4. The second kappa shape index (κ2) is 11.0. The van der Waals surface area contributed by atoms with Crippen molar-refractivity contribution in [3.8, 4) is 22.7 Å². The molecule has 0 N–H and O–H groups in total. The molecule has 0 amide bonds. The highest BCUT2D eigenvalue weighted by Crippen LogP contribution is 2.46. The van der Waals surface area contributed by atoms with Crippen molar-refractivity contribution < 1.29 is 0 Å². The summed E-state index contributed by atoms with van der Waals surface area (Å²) in [5, 5.41) is 6.74. The van der Waals surface area contributed by atoms with E-state index >= 15 is 0 Å². The van der Waals surface area contributed by atoms with Crippen LogP contribution in [0.1, 0.15) is 22.8 Å². The van der Waals surface area contributed by atoms with Gasteiger partial charge in [-0.25, -0.2) is 0 Å². The molecule has 254 valence electrons. The van der Waals surface area contributed by atoms with Crippen LogP contribution < -0.4 is 0 Å². The van der Waals surface area contributed by atoms with Gasteiger partial charge in [0.2, 0.25) is 0 Å². The minimum atomic E-state index is 1.08. The summed E-state index contributed by atoms with van der Waals surface area (Å²) in [5.74, 6) is 0. The summed E-state index contributed by atoms with van der Waals surface area (Å²) >= 11 is 1.85. The number of aryl methyl sites for hydroxylation is 4. The van der Waals surface area contributed by atoms with Gasteiger partial charge in [-0.3, -0.25) is 19.9 Å². The summed E-state index contributed by atoms with van der Waals surface area (Å²) in [4.78, 5) is 18.1. The molecule has 9 aromatic heterocycles. The van der Waals surface area contributed by atoms with Gasteiger partial charge in [0.1, 0.15) is 0 Å². The van der Waals surface area contributed by atoms with E-state index in [2.05, 4.69) is 139 Å². The SMILES string of the molecule is Cc1ccc(C)n1-c1cc(-n2c3ccncc3c3cnccc32)c2sc3c(-n4c5ccncc5c5cnccc54)cc(-n4c(C)ccc4C)cc3c2c1. The zero-order valence-corrected chi connectivity index (χ0v) is 30.3. The van der Waals surface area contributed by atoms with Crippen LogP contribution in [0.25, 0.3) is 86.5 Å². The van der Waals surface area contributed by atoms with E-state index in [-0.39, 0.29) is 0 Å². The molecule has 0 aliphatic rings. The molecule has 11 aromatic rings. The Balaban J connectivity index is 1.36. The fourth-order valence-corrected chi connectivity index (χ4v) is 9.86. The molecule has 9 heterocycles. The lowest BCUT2D eigenvalue weighted by Gasteiger charge is -2.16. The van der Waals surface area contributed by atoms with Crippen molar-refractivity contribution in [3.05, 3.63) is 145 Å². The van der Waals surface area contributed by atoms with Crippen LogP contribution in [-0.4, -0.2) is 38.2 Å². The van der Waals surface area contributed by atoms with Gasteiger partial charge in [0, 0.05) is 116 Å². The van der Waals surface area contributed by atoms with E-state index in [1.165, 1.54) is 42.9 Å². The highest BCUT2D eigenvalue weighted by Gasteiger charge is 2.23. The van der Waals surface area contributed by atoms with E-state index in [0.29, 0.717) is 0 Å². The molecule has 8 nitrogen and oxygen atoms in total. The molecule has 0 atom stereocenters. The summed E-state index contributed by atoms with van der Waals surface area (Å²) in [6.07, 6.45) is 15.4. The van der Waals surface area contributed by atoms with Crippen molar-refractivity contribution in [2.24, 2.45) is 0 Å². The van der Waals surface area contributed by atoms with Crippen molar-refractivity contribution in [1.82, 2.24) is 38.2 Å². The average molecular weight is 705 g/mol. The van der Waals surface area contributed by atoms with Gasteiger partial charge in [0.05, 0.1) is 42.8 Å². The molecule has 0 saturated carbocycles. The number of fused-ring (bicyclic) bond motifs is 9. The lowest BCUT2D eigenvalue weighted by molar-refractivity contribution is 0.964. The summed E-state index contributed by atoms with van der Waals surface area (Å²) in [6.45, 7) is 8.72. The highest BCUT2D eigenvalue weighted by atomic mass is 32.1. The Morgan fingerprint density at radius 1 is 0.377 bits per heavy atom. The first kappa shape index (κ1) is 30.1. The average Bonchev–Trinajstić information content (AvgIpc) is 3.98. The molecular formula is C44H32N8S. The molecule has 2 aromatic carbocycles. The van der Waals surface area contributed by atoms with E-state index in [1.54, 1.807) is 0 Å². The van der Waals surface area contributed by atoms with E-state index in [9.17, 15) is 0 Å². The van der Waals surface area contributed by atoms with Crippen molar-refractivity contribution in [3.63, 3.8) is 0 Å². The molecule has 0 bridgehead atoms. The molecule has 0 unspecified atom stereocenters. The number of hydrogen-bond acceptors (Lipinski definition) is 5. The second-order valence-corrected chi connectivity index (χ2v) is 15.0. The third-order valence-electron chi connectivity index (χ3n) is 10.9. The van der Waals surface area contributed by atoms with Crippen LogP contribution in [0.3, 0.4) is 0 Å². The predicted molar refractivity (Wildman–Crippen MR) is 217 cm³/mol. The maximum atomic E-state index is 4.53. The van der Waals surface area contributed by atoms with Gasteiger partial charge in [-0.05, 0) is 100 Å². The van der Waals surface area contributed by atoms with Crippen LogP contribution in [0.4, 0.5) is 0 Å². The fraction of sp³-hybridized carbons (Fsp3) is 0.0909. The molecule has 0 fully saturated rings. The minimum absolute atomic E-state index is 1.08. The minimum Gasteiger partial charge on any atom is -0.318 e. The monoisotopic (exact) mass is 704 g/mol. The quantitative estimate of drug-likeness (QED) is 0.183. The largest absolute Gasteiger partial charge is 0.318 e. The molecule has 53 heavy (non-hydrogen) atoms. The first-order chi connectivity index (χ1) is 26.0. The summed E-state index contributed by atoms with van der Waals surface area (Å²) in [6, 6.07) is 26.8. The van der Waals surface area contributed by atoms with Gasteiger partial charge in [-0.1, -0.05) is 0 Å². The molecule has 0 aliphatic carbocycles. The smallest absolute Gasteiger partial charge is 0.0661 e. The Hall–Kier alpha value is -6.58. The van der Waals surface area contributed by atoms with E-state index in [0.717, 1.165) is 66.4 Å². The number of thiophene rings is 1. The van der Waals surface area contributed by atoms with Crippen LogP contribution in [0.2, 0.25) is 0 Å². The highest BCUT2D eigenvalue weighted by molar-refractivity contribution is 7.26. The van der Waals surface area contributed by atoms with E-state index in [4.69, 9.17) is 0 Å². The van der Waals surface area contributed by atoms with Crippen LogP contribution in [0, 0.1) is 27.7 Å². The van der Waals surface area contributed by atoms with Gasteiger partial charge in [-0.15, -0.1) is 11.3 Å². The number of benzene rings is 2. The zero-order valence-electron chi connectivity index (χ0n) is 29.5. The normalized spacial score (nSPS) is 12.2. The first-order valence-corrected chi connectivity index (χ1v) is 18.5. The first-order valence-electron chi connectivity index (χ1n) is 17.7. The molecule has 0 spiro atoms. The zero-order chi connectivity index (χ0) is 35.5. The lowest BCUT2D eigenvalue weighted by atomic mass is 10.1. The molecule has 0 saturated heterocycles. The van der Waals surface area contributed by atoms with Gasteiger partial charge in [0.25, 0.3) is 0 Å². The Bertz CT molecular complexity index is 2930. The summed E-state index contributed by atoms with van der Waals surface area (Å²) in [7, 11) is 0. The molecular weight excluding hydrogens is 673 g/mol. The number of hydrogen-bond donors (Lipinski definition) is 0. The molecule has 9 heteroatoms. The Morgan fingerprint density at radius 2 is 0.698 bits per heavy atom. The van der Waals surface area contributed by atoms with Crippen molar-refractivity contribution in [1.29, 1.82) is 0 Å². The van der Waals surface area contributed by atoms with Crippen LogP contribution in [0.5, 0.6) is 0 Å². The van der Waals surface area contributed by atoms with Crippen LogP contribution in [0.15, 0.2) is 122 Å². The fourth-order valence-electron chi connectivity index (χ4n) is 8.59. The third kappa shape index (κ3) is 4.16. The van der Waals surface area contributed by atoms with Gasteiger partial charge >= 0.3 is 0 Å². The van der Waals surface area contributed by atoms with Crippen molar-refractivity contribution >= 4 is 75.1 Å². The number of nitrogens with zero attached hydrogens (tertiary/aromatic N) is 8. The Labute approximate surface area is 307 Å². The van der Waals surface area contributed by atoms with E-state index in [1.807, 2.05) is 60.9 Å². The molecule has 0 aliphatic heterocycles. The van der Waals surface area contributed by atoms with Gasteiger partial charge in [-0.2, -0.15) is 0 Å². The van der Waals surface area contributed by atoms with Crippen LogP contribution >= 0.6 is 11.3 Å². The second-order valence-electron chi connectivity index (χ2n) is 13.9. The standard InChI is InChI=1S/C44H32N8S/c1-25-5-6-26(2)49(25)29-17-31-32-18-30(50-27(3)7-8-28(50)4)20-42(52-39-11-15-47-23-35(39)36-24-48-16-12-40(36)52)44(32)53-43(31)41(19-29)51-37-9-13-45-21-33(37)34-22-46-14-10-38(34)51/h5-24H,1-4H3.